The minimum Gasteiger partial charge on any atom is -0.488 e. The molecular formula is C17H13N3O5. The molecule has 3 rings (SSSR count). The van der Waals surface area contributed by atoms with E-state index in [1.807, 2.05) is 0 Å². The van der Waals surface area contributed by atoms with Crippen molar-refractivity contribution in [1.82, 2.24) is 10.6 Å². The number of ether oxygens (including phenoxy) is 1. The molecule has 0 unspecified atom stereocenters. The summed E-state index contributed by atoms with van der Waals surface area (Å²) >= 11 is 0. The number of nitrogens with zero attached hydrogens (tertiary/aromatic N) is 1. The van der Waals surface area contributed by atoms with Crippen molar-refractivity contribution in [2.24, 2.45) is 0 Å². The minimum atomic E-state index is -0.569. The Morgan fingerprint density at radius 1 is 1.04 bits per heavy atom. The molecule has 0 spiro atoms. The van der Waals surface area contributed by atoms with E-state index in [1.54, 1.807) is 36.4 Å². The van der Waals surface area contributed by atoms with Crippen LogP contribution in [0.4, 0.5) is 10.5 Å². The number of non-ortho nitro benzene ring substituents is 1. The highest BCUT2D eigenvalue weighted by molar-refractivity contribution is 6.14. The van der Waals surface area contributed by atoms with Gasteiger partial charge >= 0.3 is 6.03 Å². The number of carbonyl (C=O) groups is 2. The maximum Gasteiger partial charge on any atom is 0.326 e. The Morgan fingerprint density at radius 3 is 2.40 bits per heavy atom. The normalized spacial score (nSPS) is 15.0. The smallest absolute Gasteiger partial charge is 0.326 e. The highest BCUT2D eigenvalue weighted by Gasteiger charge is 2.23. The zero-order valence-electron chi connectivity index (χ0n) is 12.9. The molecule has 1 aliphatic rings. The number of carbonyl (C=O) groups excluding carboxylic acids is 2. The van der Waals surface area contributed by atoms with Crippen LogP contribution in [0.1, 0.15) is 11.1 Å². The topological polar surface area (TPSA) is 111 Å². The van der Waals surface area contributed by atoms with E-state index in [9.17, 15) is 19.7 Å². The van der Waals surface area contributed by atoms with Crippen LogP contribution in [-0.2, 0) is 11.4 Å². The van der Waals surface area contributed by atoms with E-state index in [2.05, 4.69) is 10.6 Å². The molecule has 1 heterocycles. The molecule has 1 fully saturated rings. The van der Waals surface area contributed by atoms with Crippen molar-refractivity contribution >= 4 is 23.7 Å². The zero-order chi connectivity index (χ0) is 17.8. The largest absolute Gasteiger partial charge is 0.488 e. The fourth-order valence-electron chi connectivity index (χ4n) is 2.24. The molecule has 0 saturated carbocycles. The van der Waals surface area contributed by atoms with Gasteiger partial charge in [-0.05, 0) is 29.8 Å². The van der Waals surface area contributed by atoms with Gasteiger partial charge in [0.2, 0.25) is 0 Å². The minimum absolute atomic E-state index is 0.0110. The fourth-order valence-corrected chi connectivity index (χ4v) is 2.24. The molecule has 0 radical (unpaired) electrons. The third kappa shape index (κ3) is 3.81. The molecule has 126 valence electrons. The molecule has 25 heavy (non-hydrogen) atoms. The maximum atomic E-state index is 11.6. The summed E-state index contributed by atoms with van der Waals surface area (Å²) in [7, 11) is 0. The Labute approximate surface area is 142 Å². The number of nitrogens with one attached hydrogen (secondary N) is 2. The van der Waals surface area contributed by atoms with Gasteiger partial charge in [-0.15, -0.1) is 0 Å². The quantitative estimate of drug-likeness (QED) is 0.376. The number of imide groups is 1. The second-order valence-corrected chi connectivity index (χ2v) is 5.22. The summed E-state index contributed by atoms with van der Waals surface area (Å²) in [4.78, 5) is 33.0. The standard InChI is InChI=1S/C17H13N3O5/c21-16-14(18-17(22)19-16)9-12-3-1-2-4-15(12)25-10-11-5-7-13(8-6-11)20(23)24/h1-9H,10H2,(H2,18,19,21,22). The number of hydrogen-bond donors (Lipinski definition) is 2. The molecule has 8 heteroatoms. The number of nitro groups is 1. The third-order valence-electron chi connectivity index (χ3n) is 3.48. The van der Waals surface area contributed by atoms with Crippen LogP contribution in [-0.4, -0.2) is 16.9 Å². The maximum absolute atomic E-state index is 11.6. The lowest BCUT2D eigenvalue weighted by Gasteiger charge is -2.09. The lowest BCUT2D eigenvalue weighted by molar-refractivity contribution is -0.384. The molecule has 0 bridgehead atoms. The number of nitro benzene ring substituents is 1. The number of amides is 3. The van der Waals surface area contributed by atoms with E-state index >= 15 is 0 Å². The van der Waals surface area contributed by atoms with Crippen molar-refractivity contribution in [3.63, 3.8) is 0 Å². The van der Waals surface area contributed by atoms with Gasteiger partial charge in [0.25, 0.3) is 11.6 Å². The first-order valence-electron chi connectivity index (χ1n) is 7.32. The Bertz CT molecular complexity index is 874. The molecule has 1 saturated heterocycles. The molecular weight excluding hydrogens is 326 g/mol. The molecule has 8 nitrogen and oxygen atoms in total. The van der Waals surface area contributed by atoms with E-state index < -0.39 is 16.9 Å². The van der Waals surface area contributed by atoms with Gasteiger partial charge in [-0.3, -0.25) is 20.2 Å². The molecule has 2 aromatic rings. The third-order valence-corrected chi connectivity index (χ3v) is 3.48. The van der Waals surface area contributed by atoms with Gasteiger partial charge in [0.15, 0.2) is 0 Å². The summed E-state index contributed by atoms with van der Waals surface area (Å²) in [6, 6.07) is 12.5. The zero-order valence-corrected chi connectivity index (χ0v) is 12.9. The van der Waals surface area contributed by atoms with Crippen LogP contribution < -0.4 is 15.4 Å². The van der Waals surface area contributed by atoms with E-state index in [4.69, 9.17) is 4.74 Å². The first kappa shape index (κ1) is 16.2. The van der Waals surface area contributed by atoms with Crippen molar-refractivity contribution < 1.29 is 19.2 Å². The van der Waals surface area contributed by atoms with Crippen molar-refractivity contribution in [2.45, 2.75) is 6.61 Å². The Hall–Kier alpha value is -3.68. The van der Waals surface area contributed by atoms with Crippen LogP contribution in [0.3, 0.4) is 0 Å². The second-order valence-electron chi connectivity index (χ2n) is 5.22. The van der Waals surface area contributed by atoms with Gasteiger partial charge in [-0.2, -0.15) is 0 Å². The molecule has 3 amide bonds. The van der Waals surface area contributed by atoms with Crippen LogP contribution >= 0.6 is 0 Å². The molecule has 2 aromatic carbocycles. The Kier molecular flexibility index (Phi) is 4.42. The summed E-state index contributed by atoms with van der Waals surface area (Å²) in [5.74, 6) is 0.0115. The average Bonchev–Trinajstić information content (AvgIpc) is 2.91. The van der Waals surface area contributed by atoms with Gasteiger partial charge in [0, 0.05) is 17.7 Å². The van der Waals surface area contributed by atoms with E-state index in [0.29, 0.717) is 11.3 Å². The predicted octanol–water partition coefficient (Wildman–Crippen LogP) is 2.35. The van der Waals surface area contributed by atoms with E-state index in [1.165, 1.54) is 18.2 Å². The monoisotopic (exact) mass is 339 g/mol. The summed E-state index contributed by atoms with van der Waals surface area (Å²) in [5.41, 5.74) is 1.53. The van der Waals surface area contributed by atoms with Gasteiger partial charge in [-0.25, -0.2) is 4.79 Å². The van der Waals surface area contributed by atoms with Crippen LogP contribution in [0.5, 0.6) is 5.75 Å². The Morgan fingerprint density at radius 2 is 1.76 bits per heavy atom. The van der Waals surface area contributed by atoms with Crippen molar-refractivity contribution in [1.29, 1.82) is 0 Å². The SMILES string of the molecule is O=C1NC(=O)C(=Cc2ccccc2OCc2ccc([N+](=O)[O-])cc2)N1. The fraction of sp³-hybridized carbons (Fsp3) is 0.0588. The number of benzene rings is 2. The van der Waals surface area contributed by atoms with E-state index in [-0.39, 0.29) is 18.0 Å². The van der Waals surface area contributed by atoms with Gasteiger partial charge in [0.1, 0.15) is 18.1 Å². The number of rotatable bonds is 5. The van der Waals surface area contributed by atoms with Gasteiger partial charge in [-0.1, -0.05) is 18.2 Å². The predicted molar refractivity (Wildman–Crippen MR) is 88.5 cm³/mol. The lowest BCUT2D eigenvalue weighted by atomic mass is 10.1. The van der Waals surface area contributed by atoms with Crippen LogP contribution in [0.15, 0.2) is 54.2 Å². The Balaban J connectivity index is 1.75. The number of urea groups is 1. The number of para-hydroxylation sites is 1. The number of hydrogen-bond acceptors (Lipinski definition) is 5. The van der Waals surface area contributed by atoms with Crippen molar-refractivity contribution in [3.8, 4) is 5.75 Å². The van der Waals surface area contributed by atoms with Crippen molar-refractivity contribution in [3.05, 3.63) is 75.5 Å². The first-order chi connectivity index (χ1) is 12.0. The second kappa shape index (κ2) is 6.83. The summed E-state index contributed by atoms with van der Waals surface area (Å²) in [5, 5.41) is 15.2. The van der Waals surface area contributed by atoms with Gasteiger partial charge < -0.3 is 10.1 Å². The molecule has 0 aromatic heterocycles. The summed E-state index contributed by atoms with van der Waals surface area (Å²) in [6.07, 6.45) is 1.52. The van der Waals surface area contributed by atoms with E-state index in [0.717, 1.165) is 5.56 Å². The van der Waals surface area contributed by atoms with Crippen molar-refractivity contribution in [2.75, 3.05) is 0 Å². The van der Waals surface area contributed by atoms with Crippen LogP contribution in [0.2, 0.25) is 0 Å². The molecule has 1 aliphatic heterocycles. The molecule has 0 aliphatic carbocycles. The molecule has 2 N–H and O–H groups in total. The summed E-state index contributed by atoms with van der Waals surface area (Å²) < 4.78 is 5.74. The molecule has 0 atom stereocenters. The summed E-state index contributed by atoms with van der Waals surface area (Å²) in [6.45, 7) is 0.205. The van der Waals surface area contributed by atoms with Crippen LogP contribution in [0.25, 0.3) is 6.08 Å². The highest BCUT2D eigenvalue weighted by Crippen LogP contribution is 2.23. The van der Waals surface area contributed by atoms with Crippen LogP contribution in [0, 0.1) is 10.1 Å². The lowest BCUT2D eigenvalue weighted by Crippen LogP contribution is -2.22. The average molecular weight is 339 g/mol. The first-order valence-corrected chi connectivity index (χ1v) is 7.32. The van der Waals surface area contributed by atoms with Gasteiger partial charge in [0.05, 0.1) is 4.92 Å². The highest BCUT2D eigenvalue weighted by atomic mass is 16.6.